The third kappa shape index (κ3) is 7.92. The van der Waals surface area contributed by atoms with Gasteiger partial charge in [-0.1, -0.05) is 12.1 Å². The monoisotopic (exact) mass is 450 g/mol. The number of carbonyl (C=O) groups is 1. The van der Waals surface area contributed by atoms with E-state index in [-0.39, 0.29) is 29.9 Å². The third-order valence-electron chi connectivity index (χ3n) is 3.27. The summed E-state index contributed by atoms with van der Waals surface area (Å²) in [4.78, 5) is 20.7. The van der Waals surface area contributed by atoms with Crippen LogP contribution in [0.2, 0.25) is 0 Å². The number of amides is 1. The van der Waals surface area contributed by atoms with Crippen molar-refractivity contribution in [1.82, 2.24) is 15.1 Å². The van der Waals surface area contributed by atoms with Gasteiger partial charge in [-0.05, 0) is 24.0 Å². The maximum atomic E-state index is 11.6. The lowest BCUT2D eigenvalue weighted by molar-refractivity contribution is -0.128. The van der Waals surface area contributed by atoms with Gasteiger partial charge in [0.15, 0.2) is 5.96 Å². The molecule has 5 nitrogen and oxygen atoms in total. The maximum absolute atomic E-state index is 11.6. The fourth-order valence-corrected chi connectivity index (χ4v) is 2.38. The summed E-state index contributed by atoms with van der Waals surface area (Å²) in [6.07, 6.45) is 2.53. The van der Waals surface area contributed by atoms with Crippen molar-refractivity contribution in [3.05, 3.63) is 29.8 Å². The molecule has 1 N–H and O–H groups in total. The Morgan fingerprint density at radius 1 is 1.22 bits per heavy atom. The predicted octanol–water partition coefficient (Wildman–Crippen LogP) is 2.51. The van der Waals surface area contributed by atoms with Crippen molar-refractivity contribution in [3.63, 3.8) is 0 Å². The number of guanidine groups is 1. The Balaban J connectivity index is 0.00000484. The highest BCUT2D eigenvalue weighted by atomic mass is 127. The first-order valence-corrected chi connectivity index (χ1v) is 8.45. The fraction of sp³-hybridized carbons (Fsp3) is 0.500. The number of halogens is 1. The number of rotatable bonds is 6. The molecule has 0 aliphatic carbocycles. The normalized spacial score (nSPS) is 10.7. The van der Waals surface area contributed by atoms with Crippen LogP contribution in [0.25, 0.3) is 0 Å². The predicted molar refractivity (Wildman–Crippen MR) is 110 cm³/mol. The van der Waals surface area contributed by atoms with E-state index in [1.54, 1.807) is 37.8 Å². The molecular formula is C16H27IN4OS. The zero-order chi connectivity index (χ0) is 16.5. The van der Waals surface area contributed by atoms with Gasteiger partial charge in [-0.25, -0.2) is 0 Å². The fourth-order valence-electron chi connectivity index (χ4n) is 1.97. The van der Waals surface area contributed by atoms with E-state index in [1.165, 1.54) is 10.5 Å². The summed E-state index contributed by atoms with van der Waals surface area (Å²) in [5, 5.41) is 3.22. The summed E-state index contributed by atoms with van der Waals surface area (Å²) in [7, 11) is 7.28. The lowest BCUT2D eigenvalue weighted by Gasteiger charge is -2.22. The Labute approximate surface area is 160 Å². The minimum Gasteiger partial charge on any atom is -0.356 e. The summed E-state index contributed by atoms with van der Waals surface area (Å²) >= 11 is 1.74. The molecule has 0 saturated heterocycles. The van der Waals surface area contributed by atoms with Gasteiger partial charge in [-0.3, -0.25) is 9.79 Å². The first-order valence-electron chi connectivity index (χ1n) is 7.22. The smallest absolute Gasteiger partial charge is 0.223 e. The zero-order valence-corrected chi connectivity index (χ0v) is 17.6. The highest BCUT2D eigenvalue weighted by Gasteiger charge is 2.08. The number of nitrogens with one attached hydrogen (secondary N) is 1. The van der Waals surface area contributed by atoms with E-state index in [2.05, 4.69) is 40.8 Å². The molecule has 1 aromatic carbocycles. The first kappa shape index (κ1) is 22.0. The number of thioether (sulfide) groups is 1. The lowest BCUT2D eigenvalue weighted by atomic mass is 10.2. The topological polar surface area (TPSA) is 47.9 Å². The highest BCUT2D eigenvalue weighted by molar-refractivity contribution is 14.0. The molecule has 0 bridgehead atoms. The van der Waals surface area contributed by atoms with E-state index in [0.29, 0.717) is 13.0 Å². The molecule has 23 heavy (non-hydrogen) atoms. The lowest BCUT2D eigenvalue weighted by Crippen LogP contribution is -2.40. The number of hydrogen-bond acceptors (Lipinski definition) is 3. The van der Waals surface area contributed by atoms with Crippen LogP contribution in [0.15, 0.2) is 34.2 Å². The van der Waals surface area contributed by atoms with Gasteiger partial charge in [0.2, 0.25) is 5.91 Å². The molecule has 130 valence electrons. The van der Waals surface area contributed by atoms with Crippen molar-refractivity contribution in [1.29, 1.82) is 0 Å². The van der Waals surface area contributed by atoms with Gasteiger partial charge >= 0.3 is 0 Å². The molecule has 0 unspecified atom stereocenters. The van der Waals surface area contributed by atoms with Gasteiger partial charge in [0.1, 0.15) is 0 Å². The molecule has 0 aromatic heterocycles. The SMILES string of the molecule is CN=C(NCCC(=O)N(C)C)N(C)Cc1ccc(SC)cc1.I. The Bertz CT molecular complexity index is 505. The van der Waals surface area contributed by atoms with Gasteiger partial charge in [0.25, 0.3) is 0 Å². The number of benzene rings is 1. The summed E-state index contributed by atoms with van der Waals surface area (Å²) in [6.45, 7) is 1.36. The molecule has 0 aliphatic heterocycles. The molecule has 0 heterocycles. The van der Waals surface area contributed by atoms with Gasteiger partial charge in [-0.15, -0.1) is 35.7 Å². The van der Waals surface area contributed by atoms with E-state index < -0.39 is 0 Å². The molecule has 0 fully saturated rings. The minimum absolute atomic E-state index is 0. The summed E-state index contributed by atoms with van der Waals surface area (Å²) in [5.74, 6) is 0.902. The number of aliphatic imine (C=N–C) groups is 1. The second-order valence-electron chi connectivity index (χ2n) is 5.22. The molecule has 1 rings (SSSR count). The summed E-state index contributed by atoms with van der Waals surface area (Å²) in [5.41, 5.74) is 1.23. The Hall–Kier alpha value is -0.960. The molecule has 0 atom stereocenters. The van der Waals surface area contributed by atoms with Crippen LogP contribution in [0.1, 0.15) is 12.0 Å². The minimum atomic E-state index is 0. The highest BCUT2D eigenvalue weighted by Crippen LogP contribution is 2.15. The van der Waals surface area contributed by atoms with E-state index in [0.717, 1.165) is 12.5 Å². The van der Waals surface area contributed by atoms with Crippen molar-refractivity contribution in [2.24, 2.45) is 4.99 Å². The van der Waals surface area contributed by atoms with E-state index in [1.807, 2.05) is 11.9 Å². The van der Waals surface area contributed by atoms with Gasteiger partial charge in [0.05, 0.1) is 0 Å². The van der Waals surface area contributed by atoms with Gasteiger partial charge in [-0.2, -0.15) is 0 Å². The first-order chi connectivity index (χ1) is 10.5. The average Bonchev–Trinajstić information content (AvgIpc) is 2.51. The zero-order valence-electron chi connectivity index (χ0n) is 14.5. The van der Waals surface area contributed by atoms with Crippen LogP contribution in [-0.2, 0) is 11.3 Å². The van der Waals surface area contributed by atoms with Crippen molar-refractivity contribution in [2.75, 3.05) is 41.0 Å². The number of hydrogen-bond donors (Lipinski definition) is 1. The van der Waals surface area contributed by atoms with Crippen LogP contribution in [0.3, 0.4) is 0 Å². The third-order valence-corrected chi connectivity index (χ3v) is 4.02. The standard InChI is InChI=1S/C16H26N4OS.HI/c1-17-16(18-11-10-15(21)19(2)3)20(4)12-13-6-8-14(22-5)9-7-13;/h6-9H,10-12H2,1-5H3,(H,17,18);1H. The maximum Gasteiger partial charge on any atom is 0.223 e. The summed E-state index contributed by atoms with van der Waals surface area (Å²) < 4.78 is 0. The number of nitrogens with zero attached hydrogens (tertiary/aromatic N) is 3. The van der Waals surface area contributed by atoms with Crippen LogP contribution in [0.4, 0.5) is 0 Å². The van der Waals surface area contributed by atoms with Crippen LogP contribution < -0.4 is 5.32 Å². The second kappa shape index (κ2) is 11.6. The molecule has 7 heteroatoms. The van der Waals surface area contributed by atoms with Gasteiger partial charge in [0, 0.05) is 52.6 Å². The van der Waals surface area contributed by atoms with Crippen LogP contribution in [-0.4, -0.2) is 62.7 Å². The quantitative estimate of drug-likeness (QED) is 0.313. The second-order valence-corrected chi connectivity index (χ2v) is 6.10. The van der Waals surface area contributed by atoms with Crippen molar-refractivity contribution < 1.29 is 4.79 Å². The average molecular weight is 450 g/mol. The molecule has 1 aromatic rings. The van der Waals surface area contributed by atoms with Crippen molar-refractivity contribution in [3.8, 4) is 0 Å². The summed E-state index contributed by atoms with van der Waals surface area (Å²) in [6, 6.07) is 8.51. The Kier molecular flexibility index (Phi) is 11.1. The van der Waals surface area contributed by atoms with E-state index in [9.17, 15) is 4.79 Å². The van der Waals surface area contributed by atoms with Gasteiger partial charge < -0.3 is 15.1 Å². The Morgan fingerprint density at radius 2 is 1.83 bits per heavy atom. The van der Waals surface area contributed by atoms with E-state index in [4.69, 9.17) is 0 Å². The molecule has 0 spiro atoms. The van der Waals surface area contributed by atoms with Crippen molar-refractivity contribution >= 4 is 47.6 Å². The van der Waals surface area contributed by atoms with Crippen LogP contribution in [0, 0.1) is 0 Å². The van der Waals surface area contributed by atoms with E-state index >= 15 is 0 Å². The Morgan fingerprint density at radius 3 is 2.30 bits per heavy atom. The molecule has 0 radical (unpaired) electrons. The molecular weight excluding hydrogens is 423 g/mol. The molecule has 1 amide bonds. The molecule has 0 aliphatic rings. The van der Waals surface area contributed by atoms with Crippen LogP contribution >= 0.6 is 35.7 Å². The molecule has 0 saturated carbocycles. The van der Waals surface area contributed by atoms with Crippen LogP contribution in [0.5, 0.6) is 0 Å². The number of carbonyl (C=O) groups excluding carboxylic acids is 1. The largest absolute Gasteiger partial charge is 0.356 e. The van der Waals surface area contributed by atoms with Crippen molar-refractivity contribution in [2.45, 2.75) is 17.9 Å².